The topological polar surface area (TPSA) is 96.5 Å². The quantitative estimate of drug-likeness (QED) is 0.256. The summed E-state index contributed by atoms with van der Waals surface area (Å²) >= 11 is 0. The third-order valence-electron chi connectivity index (χ3n) is 6.44. The SMILES string of the molecule is CN(C(=O)CCCC(=O)OCCC1CCCCC1)c1ccc(-c2ccc(C(=N)N)cc2)cc1.Cl. The molecule has 1 fully saturated rings. The molecule has 1 saturated carbocycles. The lowest BCUT2D eigenvalue weighted by molar-refractivity contribution is -0.144. The number of halogens is 1. The molecule has 0 saturated heterocycles. The van der Waals surface area contributed by atoms with Crippen molar-refractivity contribution in [3.63, 3.8) is 0 Å². The molecule has 0 spiro atoms. The molecule has 1 amide bonds. The molecule has 0 radical (unpaired) electrons. The number of ether oxygens (including phenoxy) is 1. The molecule has 3 N–H and O–H groups in total. The molecular formula is C27H36ClN3O3. The van der Waals surface area contributed by atoms with Crippen molar-refractivity contribution in [1.82, 2.24) is 0 Å². The van der Waals surface area contributed by atoms with E-state index in [9.17, 15) is 9.59 Å². The molecule has 2 aromatic rings. The van der Waals surface area contributed by atoms with Crippen molar-refractivity contribution in [3.8, 4) is 11.1 Å². The van der Waals surface area contributed by atoms with Crippen LogP contribution in [0.5, 0.6) is 0 Å². The van der Waals surface area contributed by atoms with Crippen molar-refractivity contribution in [2.24, 2.45) is 11.7 Å². The molecule has 1 aliphatic carbocycles. The first-order chi connectivity index (χ1) is 15.9. The van der Waals surface area contributed by atoms with Gasteiger partial charge in [-0.3, -0.25) is 15.0 Å². The van der Waals surface area contributed by atoms with Gasteiger partial charge in [-0.1, -0.05) is 68.5 Å². The maximum absolute atomic E-state index is 12.5. The first-order valence-corrected chi connectivity index (χ1v) is 11.9. The van der Waals surface area contributed by atoms with E-state index in [2.05, 4.69) is 0 Å². The Balaban J connectivity index is 0.00000408. The number of carbonyl (C=O) groups excluding carboxylic acids is 2. The number of amides is 1. The van der Waals surface area contributed by atoms with Crippen LogP contribution in [-0.2, 0) is 14.3 Å². The van der Waals surface area contributed by atoms with E-state index in [4.69, 9.17) is 15.9 Å². The van der Waals surface area contributed by atoms with Crippen LogP contribution in [0, 0.1) is 11.3 Å². The van der Waals surface area contributed by atoms with Crippen LogP contribution >= 0.6 is 12.4 Å². The van der Waals surface area contributed by atoms with Gasteiger partial charge in [0.25, 0.3) is 0 Å². The van der Waals surface area contributed by atoms with Crippen LogP contribution in [0.3, 0.4) is 0 Å². The van der Waals surface area contributed by atoms with Gasteiger partial charge < -0.3 is 15.4 Å². The molecule has 3 rings (SSSR count). The summed E-state index contributed by atoms with van der Waals surface area (Å²) in [6, 6.07) is 15.2. The summed E-state index contributed by atoms with van der Waals surface area (Å²) in [4.78, 5) is 26.1. The van der Waals surface area contributed by atoms with Gasteiger partial charge in [0.05, 0.1) is 6.61 Å². The summed E-state index contributed by atoms with van der Waals surface area (Å²) in [5, 5.41) is 7.48. The van der Waals surface area contributed by atoms with Gasteiger partial charge in [-0.2, -0.15) is 0 Å². The summed E-state index contributed by atoms with van der Waals surface area (Å²) in [6.07, 6.45) is 8.48. The van der Waals surface area contributed by atoms with Crippen molar-refractivity contribution >= 4 is 35.8 Å². The highest BCUT2D eigenvalue weighted by atomic mass is 35.5. The van der Waals surface area contributed by atoms with Gasteiger partial charge in [-0.25, -0.2) is 0 Å². The molecule has 2 aromatic carbocycles. The third-order valence-corrected chi connectivity index (χ3v) is 6.44. The summed E-state index contributed by atoms with van der Waals surface area (Å²) in [7, 11) is 1.75. The fraction of sp³-hybridized carbons (Fsp3) is 0.444. The third kappa shape index (κ3) is 8.17. The first-order valence-electron chi connectivity index (χ1n) is 11.9. The minimum Gasteiger partial charge on any atom is -0.466 e. The van der Waals surface area contributed by atoms with Gasteiger partial charge in [0, 0.05) is 31.1 Å². The van der Waals surface area contributed by atoms with Crippen LogP contribution in [0.4, 0.5) is 5.69 Å². The monoisotopic (exact) mass is 485 g/mol. The lowest BCUT2D eigenvalue weighted by Crippen LogP contribution is -2.26. The number of rotatable bonds is 10. The number of carbonyl (C=O) groups is 2. The smallest absolute Gasteiger partial charge is 0.305 e. The second kappa shape index (κ2) is 13.8. The van der Waals surface area contributed by atoms with Gasteiger partial charge in [0.2, 0.25) is 5.91 Å². The highest BCUT2D eigenvalue weighted by molar-refractivity contribution is 5.95. The number of benzene rings is 2. The van der Waals surface area contributed by atoms with Crippen LogP contribution in [-0.4, -0.2) is 31.4 Å². The van der Waals surface area contributed by atoms with E-state index < -0.39 is 0 Å². The van der Waals surface area contributed by atoms with E-state index in [1.165, 1.54) is 32.1 Å². The van der Waals surface area contributed by atoms with Crippen molar-refractivity contribution in [1.29, 1.82) is 5.41 Å². The summed E-state index contributed by atoms with van der Waals surface area (Å²) in [5.74, 6) is 0.516. The standard InChI is InChI=1S/C27H35N3O3.ClH/c1-30(24-16-14-22(15-17-24)21-10-12-23(13-11-21)27(28)29)25(31)8-5-9-26(32)33-19-18-20-6-3-2-4-7-20;/h10-17,20H,2-9,18-19H2,1H3,(H3,28,29);1H. The Morgan fingerprint density at radius 1 is 0.971 bits per heavy atom. The lowest BCUT2D eigenvalue weighted by atomic mass is 9.87. The number of nitrogen functional groups attached to an aromatic ring is 1. The van der Waals surface area contributed by atoms with E-state index in [1.807, 2.05) is 48.5 Å². The zero-order chi connectivity index (χ0) is 23.6. The van der Waals surface area contributed by atoms with Crippen LogP contribution in [0.1, 0.15) is 63.4 Å². The lowest BCUT2D eigenvalue weighted by Gasteiger charge is -2.21. The molecule has 0 aliphatic heterocycles. The van der Waals surface area contributed by atoms with E-state index in [-0.39, 0.29) is 36.5 Å². The largest absolute Gasteiger partial charge is 0.466 e. The predicted molar refractivity (Wildman–Crippen MR) is 140 cm³/mol. The highest BCUT2D eigenvalue weighted by Crippen LogP contribution is 2.26. The Labute approximate surface area is 208 Å². The van der Waals surface area contributed by atoms with Crippen molar-refractivity contribution in [2.75, 3.05) is 18.6 Å². The number of hydrogen-bond acceptors (Lipinski definition) is 4. The number of nitrogens with one attached hydrogen (secondary N) is 1. The van der Waals surface area contributed by atoms with Gasteiger partial charge >= 0.3 is 5.97 Å². The van der Waals surface area contributed by atoms with Crippen LogP contribution in [0.25, 0.3) is 11.1 Å². The van der Waals surface area contributed by atoms with Crippen molar-refractivity contribution < 1.29 is 14.3 Å². The van der Waals surface area contributed by atoms with Gasteiger partial charge in [0.1, 0.15) is 5.84 Å². The number of hydrogen-bond donors (Lipinski definition) is 2. The summed E-state index contributed by atoms with van der Waals surface area (Å²) in [5.41, 5.74) is 9.03. The van der Waals surface area contributed by atoms with E-state index in [0.717, 1.165) is 23.2 Å². The molecule has 184 valence electrons. The average Bonchev–Trinajstić information content (AvgIpc) is 2.84. The highest BCUT2D eigenvalue weighted by Gasteiger charge is 2.15. The molecule has 0 aromatic heterocycles. The van der Waals surface area contributed by atoms with Crippen LogP contribution < -0.4 is 10.6 Å². The van der Waals surface area contributed by atoms with Crippen molar-refractivity contribution in [2.45, 2.75) is 57.8 Å². The minimum atomic E-state index is -0.207. The summed E-state index contributed by atoms with van der Waals surface area (Å²) in [6.45, 7) is 0.501. The van der Waals surface area contributed by atoms with Gasteiger partial charge in [-0.05, 0) is 42.0 Å². The van der Waals surface area contributed by atoms with Crippen LogP contribution in [0.2, 0.25) is 0 Å². The molecule has 6 nitrogen and oxygen atoms in total. The average molecular weight is 486 g/mol. The number of amidine groups is 1. The zero-order valence-corrected chi connectivity index (χ0v) is 20.7. The van der Waals surface area contributed by atoms with E-state index in [1.54, 1.807) is 11.9 Å². The number of esters is 1. The van der Waals surface area contributed by atoms with Crippen LogP contribution in [0.15, 0.2) is 48.5 Å². The first kappa shape index (κ1) is 27.4. The molecule has 0 heterocycles. The maximum atomic E-state index is 12.5. The maximum Gasteiger partial charge on any atom is 0.305 e. The fourth-order valence-electron chi connectivity index (χ4n) is 4.30. The molecule has 0 unspecified atom stereocenters. The number of anilines is 1. The molecule has 0 bridgehead atoms. The number of nitrogens with zero attached hydrogens (tertiary/aromatic N) is 1. The Bertz CT molecular complexity index is 939. The van der Waals surface area contributed by atoms with Gasteiger partial charge in [-0.15, -0.1) is 12.4 Å². The fourth-order valence-corrected chi connectivity index (χ4v) is 4.30. The summed E-state index contributed by atoms with van der Waals surface area (Å²) < 4.78 is 5.36. The Morgan fingerprint density at radius 3 is 2.15 bits per heavy atom. The number of nitrogens with two attached hydrogens (primary N) is 1. The Morgan fingerprint density at radius 2 is 1.56 bits per heavy atom. The van der Waals surface area contributed by atoms with E-state index >= 15 is 0 Å². The minimum absolute atomic E-state index is 0. The molecule has 1 aliphatic rings. The molecule has 0 atom stereocenters. The normalized spacial score (nSPS) is 13.6. The molecule has 7 heteroatoms. The second-order valence-corrected chi connectivity index (χ2v) is 8.86. The van der Waals surface area contributed by atoms with Gasteiger partial charge in [0.15, 0.2) is 0 Å². The molecule has 34 heavy (non-hydrogen) atoms. The Hall–Kier alpha value is -2.86. The predicted octanol–water partition coefficient (Wildman–Crippen LogP) is 5.71. The van der Waals surface area contributed by atoms with Crippen molar-refractivity contribution in [3.05, 3.63) is 54.1 Å². The molecular weight excluding hydrogens is 450 g/mol. The zero-order valence-electron chi connectivity index (χ0n) is 19.9. The van der Waals surface area contributed by atoms with E-state index in [0.29, 0.717) is 30.9 Å². The Kier molecular flexibility index (Phi) is 11.1. The second-order valence-electron chi connectivity index (χ2n) is 8.86.